The molecule has 0 aromatic heterocycles. The smallest absolute Gasteiger partial charge is 0.267 e. The molecule has 0 saturated heterocycles. The third-order valence-corrected chi connectivity index (χ3v) is 6.30. The van der Waals surface area contributed by atoms with Gasteiger partial charge in [-0.05, 0) is 48.4 Å². The zero-order valence-electron chi connectivity index (χ0n) is 16.2. The number of nitrogens with two attached hydrogens (primary N) is 1. The van der Waals surface area contributed by atoms with Crippen molar-refractivity contribution in [1.82, 2.24) is 5.43 Å². The van der Waals surface area contributed by atoms with Gasteiger partial charge in [0.2, 0.25) is 0 Å². The molecule has 1 aromatic carbocycles. The van der Waals surface area contributed by atoms with Crippen molar-refractivity contribution < 1.29 is 17.6 Å². The number of nitrogens with one attached hydrogen (secondary N) is 2. The molecule has 0 radical (unpaired) electrons. The summed E-state index contributed by atoms with van der Waals surface area (Å²) in [5.74, 6) is 3.57. The first-order valence-corrected chi connectivity index (χ1v) is 10.1. The maximum Gasteiger partial charge on any atom is 0.267 e. The van der Waals surface area contributed by atoms with Crippen LogP contribution in [0.5, 0.6) is 0 Å². The summed E-state index contributed by atoms with van der Waals surface area (Å²) in [5, 5.41) is 0. The van der Waals surface area contributed by atoms with E-state index in [2.05, 4.69) is 25.5 Å². The molecule has 1 unspecified atom stereocenters. The number of hydrogen-bond acceptors (Lipinski definition) is 4. The number of halogens is 1. The Labute approximate surface area is 159 Å². The number of benzene rings is 1. The maximum absolute atomic E-state index is 14.0. The predicted molar refractivity (Wildman–Crippen MR) is 105 cm³/mol. The Kier molecular flexibility index (Phi) is 5.82. The fourth-order valence-corrected chi connectivity index (χ4v) is 4.43. The highest BCUT2D eigenvalue weighted by molar-refractivity contribution is 7.96. The number of anilines is 1. The number of amides is 1. The molecular formula is C19H26FN3O3S. The Hall–Kier alpha value is -2.19. The molecule has 27 heavy (non-hydrogen) atoms. The molecule has 1 aromatic rings. The second kappa shape index (κ2) is 7.44. The van der Waals surface area contributed by atoms with E-state index in [9.17, 15) is 17.6 Å². The van der Waals surface area contributed by atoms with E-state index in [0.29, 0.717) is 6.42 Å². The first-order chi connectivity index (χ1) is 12.4. The van der Waals surface area contributed by atoms with E-state index in [4.69, 9.17) is 5.84 Å². The third-order valence-electron chi connectivity index (χ3n) is 4.65. The maximum atomic E-state index is 14.0. The number of hydrogen-bond donors (Lipinski definition) is 3. The lowest BCUT2D eigenvalue weighted by Crippen LogP contribution is -2.31. The van der Waals surface area contributed by atoms with E-state index < -0.39 is 21.7 Å². The Morgan fingerprint density at radius 2 is 1.89 bits per heavy atom. The zero-order valence-corrected chi connectivity index (χ0v) is 17.0. The molecule has 1 amide bonds. The number of sulfonamides is 1. The minimum atomic E-state index is -3.97. The molecule has 0 fully saturated rings. The van der Waals surface area contributed by atoms with Gasteiger partial charge >= 0.3 is 0 Å². The van der Waals surface area contributed by atoms with E-state index in [-0.39, 0.29) is 33.1 Å². The normalized spacial score (nSPS) is 17.8. The molecule has 1 atom stereocenters. The summed E-state index contributed by atoms with van der Waals surface area (Å²) in [7, 11) is -3.97. The van der Waals surface area contributed by atoms with Gasteiger partial charge in [0.1, 0.15) is 5.82 Å². The summed E-state index contributed by atoms with van der Waals surface area (Å²) < 4.78 is 42.1. The molecule has 0 heterocycles. The molecule has 0 bridgehead atoms. The number of rotatable bonds is 4. The number of hydrazine groups is 1. The minimum absolute atomic E-state index is 0.0463. The zero-order chi connectivity index (χ0) is 20.6. The van der Waals surface area contributed by atoms with Crippen LogP contribution in [-0.2, 0) is 10.0 Å². The van der Waals surface area contributed by atoms with Crippen molar-refractivity contribution in [1.29, 1.82) is 0 Å². The van der Waals surface area contributed by atoms with Crippen molar-refractivity contribution in [3.8, 4) is 0 Å². The van der Waals surface area contributed by atoms with Crippen LogP contribution < -0.4 is 16.0 Å². The Morgan fingerprint density at radius 3 is 2.41 bits per heavy atom. The molecule has 4 N–H and O–H groups in total. The SMILES string of the molecule is Cc1cc(C(=O)NN)c(NS(=O)(=O)C2=CC=C(C(C)(C)C)CC2C)cc1F. The van der Waals surface area contributed by atoms with Gasteiger partial charge in [0.25, 0.3) is 15.9 Å². The van der Waals surface area contributed by atoms with E-state index in [0.717, 1.165) is 11.6 Å². The van der Waals surface area contributed by atoms with Gasteiger partial charge in [-0.25, -0.2) is 18.7 Å². The summed E-state index contributed by atoms with van der Waals surface area (Å²) in [6.07, 6.45) is 4.00. The lowest BCUT2D eigenvalue weighted by Gasteiger charge is -2.29. The highest BCUT2D eigenvalue weighted by Gasteiger charge is 2.30. The Morgan fingerprint density at radius 1 is 1.26 bits per heavy atom. The van der Waals surface area contributed by atoms with Crippen LogP contribution in [0.4, 0.5) is 10.1 Å². The Balaban J connectivity index is 2.46. The van der Waals surface area contributed by atoms with Crippen molar-refractivity contribution in [2.24, 2.45) is 17.2 Å². The van der Waals surface area contributed by atoms with E-state index in [1.807, 2.05) is 18.4 Å². The fraction of sp³-hybridized carbons (Fsp3) is 0.421. The van der Waals surface area contributed by atoms with Gasteiger partial charge in [0.05, 0.1) is 16.2 Å². The van der Waals surface area contributed by atoms with Crippen molar-refractivity contribution >= 4 is 21.6 Å². The van der Waals surface area contributed by atoms with Crippen molar-refractivity contribution in [3.05, 3.63) is 51.7 Å². The van der Waals surface area contributed by atoms with Gasteiger partial charge in [-0.3, -0.25) is 14.9 Å². The quantitative estimate of drug-likeness (QED) is 0.413. The second-order valence-electron chi connectivity index (χ2n) is 7.84. The number of nitrogen functional groups attached to an aromatic ring is 1. The van der Waals surface area contributed by atoms with E-state index >= 15 is 0 Å². The predicted octanol–water partition coefficient (Wildman–Crippen LogP) is 3.38. The van der Waals surface area contributed by atoms with Gasteiger partial charge in [0, 0.05) is 0 Å². The van der Waals surface area contributed by atoms with Gasteiger partial charge in [-0.2, -0.15) is 0 Å². The number of carbonyl (C=O) groups is 1. The monoisotopic (exact) mass is 395 g/mol. The number of carbonyl (C=O) groups excluding carboxylic acids is 1. The summed E-state index contributed by atoms with van der Waals surface area (Å²) in [6.45, 7) is 9.52. The van der Waals surface area contributed by atoms with Crippen LogP contribution >= 0.6 is 0 Å². The average Bonchev–Trinajstić information content (AvgIpc) is 2.55. The van der Waals surface area contributed by atoms with E-state index in [1.165, 1.54) is 13.0 Å². The first kappa shape index (κ1) is 21.1. The highest BCUT2D eigenvalue weighted by atomic mass is 32.2. The van der Waals surface area contributed by atoms with Crippen LogP contribution in [0.15, 0.2) is 34.8 Å². The topological polar surface area (TPSA) is 101 Å². The molecule has 8 heteroatoms. The van der Waals surface area contributed by atoms with Gasteiger partial charge in [-0.15, -0.1) is 0 Å². The summed E-state index contributed by atoms with van der Waals surface area (Å²) >= 11 is 0. The Bertz CT molecular complexity index is 928. The number of aryl methyl sites for hydroxylation is 1. The molecule has 0 spiro atoms. The van der Waals surface area contributed by atoms with Crippen molar-refractivity contribution in [2.45, 2.75) is 41.0 Å². The van der Waals surface area contributed by atoms with Gasteiger partial charge < -0.3 is 0 Å². The number of allylic oxidation sites excluding steroid dienone is 4. The van der Waals surface area contributed by atoms with Crippen LogP contribution in [-0.4, -0.2) is 14.3 Å². The second-order valence-corrected chi connectivity index (χ2v) is 9.52. The highest BCUT2D eigenvalue weighted by Crippen LogP contribution is 2.38. The summed E-state index contributed by atoms with van der Waals surface area (Å²) in [5.41, 5.74) is 3.05. The first-order valence-electron chi connectivity index (χ1n) is 8.62. The molecule has 1 aliphatic rings. The van der Waals surface area contributed by atoms with Crippen molar-refractivity contribution in [2.75, 3.05) is 4.72 Å². The van der Waals surface area contributed by atoms with Crippen LogP contribution in [0, 0.1) is 24.1 Å². The van der Waals surface area contributed by atoms with Crippen LogP contribution in [0.25, 0.3) is 0 Å². The summed E-state index contributed by atoms with van der Waals surface area (Å²) in [4.78, 5) is 12.2. The molecular weight excluding hydrogens is 369 g/mol. The largest absolute Gasteiger partial charge is 0.290 e. The molecule has 148 valence electrons. The third kappa shape index (κ3) is 4.56. The van der Waals surface area contributed by atoms with Crippen molar-refractivity contribution in [3.63, 3.8) is 0 Å². The average molecular weight is 396 g/mol. The molecule has 2 rings (SSSR count). The van der Waals surface area contributed by atoms with Gasteiger partial charge in [-0.1, -0.05) is 39.3 Å². The summed E-state index contributed by atoms with van der Waals surface area (Å²) in [6, 6.07) is 2.24. The van der Waals surface area contributed by atoms with Crippen LogP contribution in [0.2, 0.25) is 0 Å². The molecule has 6 nitrogen and oxygen atoms in total. The fourth-order valence-electron chi connectivity index (χ4n) is 2.99. The lowest BCUT2D eigenvalue weighted by atomic mass is 9.79. The standard InChI is InChI=1S/C19H26FN3O3S/c1-11-9-14(18(24)22-21)16(10-15(11)20)23-27(25,26)17-7-6-13(8-12(17)2)19(3,4)5/h6-7,9-10,12,23H,8,21H2,1-5H3,(H,22,24). The van der Waals surface area contributed by atoms with Gasteiger partial charge in [0.15, 0.2) is 0 Å². The van der Waals surface area contributed by atoms with Crippen LogP contribution in [0.1, 0.15) is 50.0 Å². The van der Waals surface area contributed by atoms with Crippen LogP contribution in [0.3, 0.4) is 0 Å². The minimum Gasteiger partial charge on any atom is -0.290 e. The van der Waals surface area contributed by atoms with E-state index in [1.54, 1.807) is 6.08 Å². The molecule has 0 aliphatic heterocycles. The lowest BCUT2D eigenvalue weighted by molar-refractivity contribution is 0.0954. The molecule has 1 aliphatic carbocycles. The molecule has 0 saturated carbocycles.